The van der Waals surface area contributed by atoms with E-state index in [2.05, 4.69) is 11.6 Å². The number of benzene rings is 1. The van der Waals surface area contributed by atoms with Crippen molar-refractivity contribution in [1.29, 1.82) is 5.26 Å². The van der Waals surface area contributed by atoms with Crippen molar-refractivity contribution in [2.45, 2.75) is 95.1 Å². The number of ether oxygens (including phenoxy) is 1. The molecule has 9 atom stereocenters. The van der Waals surface area contributed by atoms with Gasteiger partial charge in [-0.15, -0.1) is 0 Å². The van der Waals surface area contributed by atoms with E-state index in [-0.39, 0.29) is 16.4 Å². The fourth-order valence-corrected chi connectivity index (χ4v) is 10.6. The van der Waals surface area contributed by atoms with E-state index in [9.17, 15) is 13.5 Å². The molecule has 6 nitrogen and oxygen atoms in total. The second-order valence-corrected chi connectivity index (χ2v) is 14.5. The Morgan fingerprint density at radius 3 is 2.51 bits per heavy atom. The lowest BCUT2D eigenvalue weighted by molar-refractivity contribution is -0.128. The van der Waals surface area contributed by atoms with Crippen molar-refractivity contribution in [3.05, 3.63) is 29.8 Å². The maximum atomic E-state index is 13.1. The molecule has 0 heterocycles. The Morgan fingerprint density at radius 2 is 1.81 bits per heavy atom. The van der Waals surface area contributed by atoms with Gasteiger partial charge in [-0.25, -0.2) is 13.1 Å². The fraction of sp³-hybridized carbons (Fsp3) is 0.767. The third-order valence-electron chi connectivity index (χ3n) is 11.0. The minimum absolute atomic E-state index is 0.133. The van der Waals surface area contributed by atoms with Crippen LogP contribution in [-0.4, -0.2) is 38.4 Å². The molecule has 1 aromatic rings. The summed E-state index contributed by atoms with van der Waals surface area (Å²) in [4.78, 5) is 0.224. The molecule has 0 amide bonds. The van der Waals surface area contributed by atoms with Crippen LogP contribution in [0.15, 0.2) is 29.2 Å². The first kappa shape index (κ1) is 27.1. The van der Waals surface area contributed by atoms with E-state index in [1.807, 2.05) is 19.9 Å². The summed E-state index contributed by atoms with van der Waals surface area (Å²) in [6.45, 7) is 7.60. The zero-order valence-corrected chi connectivity index (χ0v) is 23.5. The molecule has 204 valence electrons. The lowest BCUT2D eigenvalue weighted by Gasteiger charge is -2.57. The molecule has 0 aromatic heterocycles. The Morgan fingerprint density at radius 1 is 1.08 bits per heavy atom. The fourth-order valence-electron chi connectivity index (χ4n) is 9.35. The van der Waals surface area contributed by atoms with Crippen molar-refractivity contribution in [3.8, 4) is 6.07 Å². The monoisotopic (exact) mass is 528 g/mol. The van der Waals surface area contributed by atoms with Crippen molar-refractivity contribution in [1.82, 2.24) is 4.72 Å². The molecule has 2 N–H and O–H groups in total. The highest BCUT2D eigenvalue weighted by Crippen LogP contribution is 2.65. The Hall–Kier alpha value is -1.46. The van der Waals surface area contributed by atoms with E-state index < -0.39 is 15.6 Å². The largest absolute Gasteiger partial charge is 0.387 e. The summed E-state index contributed by atoms with van der Waals surface area (Å²) >= 11 is 0. The van der Waals surface area contributed by atoms with E-state index in [1.165, 1.54) is 44.2 Å². The molecule has 7 heteroatoms. The average Bonchev–Trinajstić information content (AvgIpc) is 3.24. The number of nitrogens with zero attached hydrogens (tertiary/aromatic N) is 1. The van der Waals surface area contributed by atoms with Crippen LogP contribution in [-0.2, 0) is 14.8 Å². The molecule has 0 bridgehead atoms. The number of rotatable bonds is 7. The number of nitrogens with one attached hydrogen (secondary N) is 1. The number of hydrogen-bond acceptors (Lipinski definition) is 5. The second-order valence-electron chi connectivity index (χ2n) is 12.8. The molecule has 0 radical (unpaired) electrons. The van der Waals surface area contributed by atoms with Crippen molar-refractivity contribution in [3.63, 3.8) is 0 Å². The van der Waals surface area contributed by atoms with Crippen LogP contribution < -0.4 is 4.72 Å². The number of sulfonamides is 1. The average molecular weight is 529 g/mol. The number of fused-ring (bicyclic) bond motifs is 5. The van der Waals surface area contributed by atoms with E-state index in [0.717, 1.165) is 43.4 Å². The van der Waals surface area contributed by atoms with Crippen molar-refractivity contribution in [2.24, 2.45) is 40.9 Å². The smallest absolute Gasteiger partial charge is 0.240 e. The van der Waals surface area contributed by atoms with Gasteiger partial charge in [0.05, 0.1) is 28.7 Å². The molecule has 37 heavy (non-hydrogen) atoms. The lowest BCUT2D eigenvalue weighted by Crippen LogP contribution is -2.53. The van der Waals surface area contributed by atoms with Gasteiger partial charge in [-0.3, -0.25) is 0 Å². The van der Waals surface area contributed by atoms with E-state index in [1.54, 1.807) is 12.1 Å². The van der Waals surface area contributed by atoms with Gasteiger partial charge in [0, 0.05) is 12.6 Å². The summed E-state index contributed by atoms with van der Waals surface area (Å²) in [5.41, 5.74) is -0.0282. The molecule has 4 fully saturated rings. The first-order valence-corrected chi connectivity index (χ1v) is 15.9. The number of aliphatic hydroxyl groups is 1. The van der Waals surface area contributed by atoms with Crippen LogP contribution in [0.4, 0.5) is 0 Å². The number of nitriles is 1. The Bertz CT molecular complexity index is 1120. The van der Waals surface area contributed by atoms with Crippen LogP contribution in [0, 0.1) is 52.3 Å². The second kappa shape index (κ2) is 10.3. The normalized spacial score (nSPS) is 40.2. The van der Waals surface area contributed by atoms with Crippen molar-refractivity contribution < 1.29 is 18.3 Å². The first-order valence-electron chi connectivity index (χ1n) is 14.4. The molecule has 0 spiro atoms. The maximum Gasteiger partial charge on any atom is 0.240 e. The lowest BCUT2D eigenvalue weighted by atomic mass is 9.48. The maximum absolute atomic E-state index is 13.1. The zero-order valence-electron chi connectivity index (χ0n) is 22.7. The molecule has 0 saturated heterocycles. The van der Waals surface area contributed by atoms with Crippen LogP contribution in [0.5, 0.6) is 0 Å². The molecule has 0 aliphatic heterocycles. The summed E-state index contributed by atoms with van der Waals surface area (Å²) in [6.07, 6.45) is 9.97. The molecule has 4 aliphatic rings. The topological polar surface area (TPSA) is 99.4 Å². The first-order chi connectivity index (χ1) is 17.6. The predicted octanol–water partition coefficient (Wildman–Crippen LogP) is 5.26. The van der Waals surface area contributed by atoms with Gasteiger partial charge in [-0.2, -0.15) is 5.26 Å². The van der Waals surface area contributed by atoms with Gasteiger partial charge in [0.15, 0.2) is 0 Å². The molecule has 4 aliphatic carbocycles. The van der Waals surface area contributed by atoms with Gasteiger partial charge < -0.3 is 9.84 Å². The van der Waals surface area contributed by atoms with Crippen LogP contribution in [0.3, 0.4) is 0 Å². The molecule has 0 unspecified atom stereocenters. The van der Waals surface area contributed by atoms with Crippen LogP contribution in [0.2, 0.25) is 0 Å². The highest BCUT2D eigenvalue weighted by atomic mass is 32.2. The van der Waals surface area contributed by atoms with Gasteiger partial charge in [0.25, 0.3) is 0 Å². The van der Waals surface area contributed by atoms with Crippen molar-refractivity contribution >= 4 is 10.0 Å². The minimum atomic E-state index is -3.64. The van der Waals surface area contributed by atoms with Gasteiger partial charge in [-0.1, -0.05) is 6.92 Å². The third kappa shape index (κ3) is 5.00. The predicted molar refractivity (Wildman–Crippen MR) is 143 cm³/mol. The Balaban J connectivity index is 1.26. The summed E-state index contributed by atoms with van der Waals surface area (Å²) in [5.74, 6) is 3.79. The minimum Gasteiger partial charge on any atom is -0.387 e. The molecule has 1 aromatic carbocycles. The number of hydrogen-bond donors (Lipinski definition) is 2. The highest BCUT2D eigenvalue weighted by molar-refractivity contribution is 7.89. The third-order valence-corrected chi connectivity index (χ3v) is 12.6. The van der Waals surface area contributed by atoms with E-state index in [0.29, 0.717) is 36.5 Å². The van der Waals surface area contributed by atoms with Gasteiger partial charge in [-0.05, 0) is 137 Å². The van der Waals surface area contributed by atoms with Gasteiger partial charge in [0.2, 0.25) is 10.0 Å². The molecule has 4 saturated carbocycles. The van der Waals surface area contributed by atoms with Gasteiger partial charge in [0.1, 0.15) is 0 Å². The summed E-state index contributed by atoms with van der Waals surface area (Å²) in [6, 6.07) is 8.09. The van der Waals surface area contributed by atoms with E-state index >= 15 is 0 Å². The van der Waals surface area contributed by atoms with Gasteiger partial charge >= 0.3 is 0 Å². The summed E-state index contributed by atoms with van der Waals surface area (Å²) in [7, 11) is -3.64. The Labute approximate surface area is 223 Å². The highest BCUT2D eigenvalue weighted by Gasteiger charge is 2.58. The van der Waals surface area contributed by atoms with E-state index in [4.69, 9.17) is 10.00 Å². The van der Waals surface area contributed by atoms with Crippen LogP contribution >= 0.6 is 0 Å². The van der Waals surface area contributed by atoms with Crippen molar-refractivity contribution in [2.75, 3.05) is 13.2 Å². The standard InChI is InChI=1S/C30H44N2O4S/c1-4-36-19-30(33)16-14-24-22(17-30)7-10-26-25(24)13-15-29(3)27(11-12-28(26)29)20(2)32-37(34,35)23-8-5-21(18-31)6-9-23/h5-6,8-9,20,22,24-28,32-33H,4,7,10-17,19H2,1-3H3/t20-,22-,24+,25-,26-,27-,28+,29-,30-/m1/s1. The summed E-state index contributed by atoms with van der Waals surface area (Å²) < 4.78 is 34.9. The SMILES string of the molecule is CCOC[C@@]1(O)CC[C@H]2[C@H](CC[C@@H]3[C@@H]2CC[C@]2(C)[C@@H]([C@@H](C)NS(=O)(=O)c4ccc(C#N)cc4)CC[C@@H]32)C1. The Kier molecular flexibility index (Phi) is 7.52. The van der Waals surface area contributed by atoms with Crippen LogP contribution in [0.25, 0.3) is 0 Å². The molecule has 5 rings (SSSR count). The molecular weight excluding hydrogens is 484 g/mol. The summed E-state index contributed by atoms with van der Waals surface area (Å²) in [5, 5.41) is 20.2. The zero-order chi connectivity index (χ0) is 26.4. The molecular formula is C30H44N2O4S. The van der Waals surface area contributed by atoms with Crippen LogP contribution in [0.1, 0.15) is 84.1 Å². The quantitative estimate of drug-likeness (QED) is 0.503.